The summed E-state index contributed by atoms with van der Waals surface area (Å²) < 4.78 is 0. The van der Waals surface area contributed by atoms with Crippen LogP contribution in [0.5, 0.6) is 5.75 Å². The highest BCUT2D eigenvalue weighted by Crippen LogP contribution is 2.26. The SMILES string of the molecule is O=C(Nc1ccc(Cl)cn1)c1ccccc1NC(Cc1ccc(O)cc1)C1CCNCC1. The number of para-hydroxylation sites is 1. The lowest BCUT2D eigenvalue weighted by molar-refractivity contribution is 0.102. The fourth-order valence-corrected chi connectivity index (χ4v) is 4.22. The summed E-state index contributed by atoms with van der Waals surface area (Å²) in [5.41, 5.74) is 2.50. The molecular weight excluding hydrogens is 424 g/mol. The Kier molecular flexibility index (Phi) is 7.24. The molecule has 32 heavy (non-hydrogen) atoms. The van der Waals surface area contributed by atoms with Gasteiger partial charge >= 0.3 is 0 Å². The molecule has 1 amide bonds. The molecule has 7 heteroatoms. The van der Waals surface area contributed by atoms with Crippen molar-refractivity contribution in [3.8, 4) is 5.75 Å². The normalized spacial score (nSPS) is 15.2. The van der Waals surface area contributed by atoms with Crippen LogP contribution in [0.25, 0.3) is 0 Å². The number of pyridine rings is 1. The van der Waals surface area contributed by atoms with Crippen molar-refractivity contribution < 1.29 is 9.90 Å². The van der Waals surface area contributed by atoms with Gasteiger partial charge in [0, 0.05) is 17.9 Å². The second-order valence-corrected chi connectivity index (χ2v) is 8.51. The third kappa shape index (κ3) is 5.78. The summed E-state index contributed by atoms with van der Waals surface area (Å²) in [5.74, 6) is 0.960. The largest absolute Gasteiger partial charge is 0.508 e. The Morgan fingerprint density at radius 3 is 2.56 bits per heavy atom. The lowest BCUT2D eigenvalue weighted by atomic mass is 9.86. The van der Waals surface area contributed by atoms with Crippen molar-refractivity contribution in [2.45, 2.75) is 25.3 Å². The Bertz CT molecular complexity index is 1030. The first kappa shape index (κ1) is 22.1. The van der Waals surface area contributed by atoms with Gasteiger partial charge in [-0.3, -0.25) is 4.79 Å². The third-order valence-electron chi connectivity index (χ3n) is 5.83. The number of benzene rings is 2. The van der Waals surface area contributed by atoms with Crippen LogP contribution in [-0.2, 0) is 6.42 Å². The minimum atomic E-state index is -0.225. The van der Waals surface area contributed by atoms with Crippen LogP contribution in [-0.4, -0.2) is 35.1 Å². The Labute approximate surface area is 193 Å². The van der Waals surface area contributed by atoms with Crippen LogP contribution in [0, 0.1) is 5.92 Å². The molecule has 1 saturated heterocycles. The predicted molar refractivity (Wildman–Crippen MR) is 128 cm³/mol. The molecule has 3 aromatic rings. The van der Waals surface area contributed by atoms with Crippen LogP contribution in [0.1, 0.15) is 28.8 Å². The summed E-state index contributed by atoms with van der Waals surface area (Å²) in [5, 5.41) is 20.1. The molecule has 0 saturated carbocycles. The zero-order valence-electron chi connectivity index (χ0n) is 17.7. The highest BCUT2D eigenvalue weighted by atomic mass is 35.5. The predicted octanol–water partition coefficient (Wildman–Crippen LogP) is 4.72. The Morgan fingerprint density at radius 1 is 1.09 bits per heavy atom. The van der Waals surface area contributed by atoms with Gasteiger partial charge in [-0.05, 0) is 80.2 Å². The minimum Gasteiger partial charge on any atom is -0.508 e. The van der Waals surface area contributed by atoms with Gasteiger partial charge in [-0.15, -0.1) is 0 Å². The number of aromatic hydroxyl groups is 1. The molecule has 2 aromatic carbocycles. The van der Waals surface area contributed by atoms with Crippen LogP contribution >= 0.6 is 11.6 Å². The summed E-state index contributed by atoms with van der Waals surface area (Å²) in [4.78, 5) is 17.2. The first-order chi connectivity index (χ1) is 15.6. The number of hydrogen-bond donors (Lipinski definition) is 4. The summed E-state index contributed by atoms with van der Waals surface area (Å²) in [6, 6.07) is 18.4. The number of halogens is 1. The Hall–Kier alpha value is -3.09. The van der Waals surface area contributed by atoms with Gasteiger partial charge in [0.25, 0.3) is 5.91 Å². The molecule has 2 heterocycles. The Balaban J connectivity index is 1.55. The molecule has 6 nitrogen and oxygen atoms in total. The molecule has 0 spiro atoms. The number of anilines is 2. The van der Waals surface area contributed by atoms with Crippen LogP contribution in [0.4, 0.5) is 11.5 Å². The number of hydrogen-bond acceptors (Lipinski definition) is 5. The van der Waals surface area contributed by atoms with E-state index in [2.05, 4.69) is 20.9 Å². The summed E-state index contributed by atoms with van der Waals surface area (Å²) in [6.07, 6.45) is 4.45. The number of phenols is 1. The quantitative estimate of drug-likeness (QED) is 0.418. The molecule has 0 aliphatic carbocycles. The standard InChI is InChI=1S/C25H27ClN4O2/c26-19-7-10-24(28-16-19)30-25(32)21-3-1-2-4-22(21)29-23(18-11-13-27-14-12-18)15-17-5-8-20(31)9-6-17/h1-10,16,18,23,27,29,31H,11-15H2,(H,28,30,32). The molecule has 0 bridgehead atoms. The number of aromatic nitrogens is 1. The zero-order chi connectivity index (χ0) is 22.3. The van der Waals surface area contributed by atoms with Crippen molar-refractivity contribution in [3.05, 3.63) is 83.0 Å². The van der Waals surface area contributed by atoms with E-state index in [1.807, 2.05) is 36.4 Å². The van der Waals surface area contributed by atoms with Crippen LogP contribution < -0.4 is 16.0 Å². The van der Waals surface area contributed by atoms with Gasteiger partial charge in [-0.25, -0.2) is 4.98 Å². The van der Waals surface area contributed by atoms with Gasteiger partial charge in [0.2, 0.25) is 0 Å². The van der Waals surface area contributed by atoms with Gasteiger partial charge in [0.1, 0.15) is 11.6 Å². The number of nitrogens with one attached hydrogen (secondary N) is 3. The van der Waals surface area contributed by atoms with E-state index in [-0.39, 0.29) is 17.7 Å². The Morgan fingerprint density at radius 2 is 1.84 bits per heavy atom. The van der Waals surface area contributed by atoms with Crippen molar-refractivity contribution in [1.29, 1.82) is 0 Å². The number of phenolic OH excluding ortho intramolecular Hbond substituents is 1. The van der Waals surface area contributed by atoms with E-state index in [4.69, 9.17) is 11.6 Å². The molecule has 1 atom stereocenters. The van der Waals surface area contributed by atoms with Gasteiger partial charge < -0.3 is 21.1 Å². The lowest BCUT2D eigenvalue weighted by Crippen LogP contribution is -2.39. The molecule has 1 fully saturated rings. The van der Waals surface area contributed by atoms with E-state index in [1.165, 1.54) is 6.20 Å². The van der Waals surface area contributed by atoms with Crippen LogP contribution in [0.15, 0.2) is 66.9 Å². The number of amides is 1. The highest BCUT2D eigenvalue weighted by Gasteiger charge is 2.25. The van der Waals surface area contributed by atoms with E-state index in [0.29, 0.717) is 22.3 Å². The summed E-state index contributed by atoms with van der Waals surface area (Å²) in [7, 11) is 0. The number of nitrogens with zero attached hydrogens (tertiary/aromatic N) is 1. The van der Waals surface area contributed by atoms with E-state index >= 15 is 0 Å². The van der Waals surface area contributed by atoms with E-state index in [9.17, 15) is 9.90 Å². The molecule has 1 aliphatic heterocycles. The fourth-order valence-electron chi connectivity index (χ4n) is 4.11. The molecule has 4 N–H and O–H groups in total. The van der Waals surface area contributed by atoms with Crippen molar-refractivity contribution >= 4 is 29.0 Å². The monoisotopic (exact) mass is 450 g/mol. The second kappa shape index (κ2) is 10.5. The second-order valence-electron chi connectivity index (χ2n) is 8.07. The molecular formula is C25H27ClN4O2. The average molecular weight is 451 g/mol. The topological polar surface area (TPSA) is 86.3 Å². The zero-order valence-corrected chi connectivity index (χ0v) is 18.5. The lowest BCUT2D eigenvalue weighted by Gasteiger charge is -2.33. The van der Waals surface area contributed by atoms with Gasteiger partial charge in [-0.2, -0.15) is 0 Å². The maximum Gasteiger partial charge on any atom is 0.258 e. The number of piperidine rings is 1. The van der Waals surface area contributed by atoms with Crippen LogP contribution in [0.3, 0.4) is 0 Å². The van der Waals surface area contributed by atoms with E-state index < -0.39 is 0 Å². The minimum absolute atomic E-state index is 0.157. The van der Waals surface area contributed by atoms with Crippen molar-refractivity contribution in [1.82, 2.24) is 10.3 Å². The van der Waals surface area contributed by atoms with Crippen LogP contribution in [0.2, 0.25) is 5.02 Å². The molecule has 4 rings (SSSR count). The maximum atomic E-state index is 13.0. The summed E-state index contributed by atoms with van der Waals surface area (Å²) >= 11 is 5.89. The third-order valence-corrected chi connectivity index (χ3v) is 6.05. The highest BCUT2D eigenvalue weighted by molar-refractivity contribution is 6.30. The maximum absolute atomic E-state index is 13.0. The summed E-state index contributed by atoms with van der Waals surface area (Å²) in [6.45, 7) is 1.98. The first-order valence-electron chi connectivity index (χ1n) is 10.9. The average Bonchev–Trinajstić information content (AvgIpc) is 2.82. The van der Waals surface area contributed by atoms with Gasteiger partial charge in [-0.1, -0.05) is 35.9 Å². The number of carbonyl (C=O) groups is 1. The fraction of sp³-hybridized carbons (Fsp3) is 0.280. The molecule has 1 aromatic heterocycles. The van der Waals surface area contributed by atoms with Crippen molar-refractivity contribution in [3.63, 3.8) is 0 Å². The van der Waals surface area contributed by atoms with Gasteiger partial charge in [0.15, 0.2) is 0 Å². The van der Waals surface area contributed by atoms with Crippen molar-refractivity contribution in [2.75, 3.05) is 23.7 Å². The number of carbonyl (C=O) groups excluding carboxylic acids is 1. The first-order valence-corrected chi connectivity index (χ1v) is 11.2. The van der Waals surface area contributed by atoms with E-state index in [0.717, 1.165) is 43.6 Å². The number of rotatable bonds is 7. The van der Waals surface area contributed by atoms with Gasteiger partial charge in [0.05, 0.1) is 10.6 Å². The molecule has 166 valence electrons. The smallest absolute Gasteiger partial charge is 0.258 e. The molecule has 0 radical (unpaired) electrons. The molecule has 1 aliphatic rings. The van der Waals surface area contributed by atoms with E-state index in [1.54, 1.807) is 24.3 Å². The molecule has 1 unspecified atom stereocenters. The van der Waals surface area contributed by atoms with Crippen molar-refractivity contribution in [2.24, 2.45) is 5.92 Å².